The molecule has 1 N–H and O–H groups in total. The van der Waals surface area contributed by atoms with Crippen molar-refractivity contribution >= 4 is 22.4 Å². The lowest BCUT2D eigenvalue weighted by Crippen LogP contribution is -2.41. The van der Waals surface area contributed by atoms with E-state index in [1.165, 1.54) is 33.0 Å². The lowest BCUT2D eigenvalue weighted by Gasteiger charge is -2.33. The first-order valence-electron chi connectivity index (χ1n) is 10.9. The monoisotopic (exact) mass is 427 g/mol. The van der Waals surface area contributed by atoms with E-state index in [0.29, 0.717) is 12.5 Å². The van der Waals surface area contributed by atoms with Gasteiger partial charge in [0.1, 0.15) is 0 Å². The third-order valence-corrected chi connectivity index (χ3v) is 6.45. The van der Waals surface area contributed by atoms with Crippen LogP contribution in [0.15, 0.2) is 91.0 Å². The minimum atomic E-state index is 0.153. The van der Waals surface area contributed by atoms with Gasteiger partial charge in [0.2, 0.25) is 0 Å². The van der Waals surface area contributed by atoms with E-state index >= 15 is 0 Å². The molecule has 0 radical (unpaired) electrons. The van der Waals surface area contributed by atoms with Crippen LogP contribution < -0.4 is 5.32 Å². The first-order valence-corrected chi connectivity index (χ1v) is 11.3. The molecule has 0 aromatic heterocycles. The second kappa shape index (κ2) is 9.23. The van der Waals surface area contributed by atoms with E-state index < -0.39 is 0 Å². The quantitative estimate of drug-likeness (QED) is 0.377. The number of rotatable bonds is 5. The van der Waals surface area contributed by atoms with Gasteiger partial charge in [0.05, 0.1) is 12.7 Å². The number of fused-ring (bicyclic) bond motifs is 1. The van der Waals surface area contributed by atoms with Gasteiger partial charge in [-0.2, -0.15) is 0 Å². The van der Waals surface area contributed by atoms with Crippen LogP contribution in [0.1, 0.15) is 23.5 Å². The molecular formula is C28H26ClNO. The first-order chi connectivity index (χ1) is 15.3. The molecule has 1 fully saturated rings. The average molecular weight is 428 g/mol. The van der Waals surface area contributed by atoms with Crippen LogP contribution in [-0.4, -0.2) is 19.2 Å². The molecule has 2 nitrogen and oxygen atoms in total. The van der Waals surface area contributed by atoms with Gasteiger partial charge in [-0.05, 0) is 64.2 Å². The number of halogens is 1. The molecule has 3 heteroatoms. The highest BCUT2D eigenvalue weighted by Crippen LogP contribution is 2.32. The number of nitrogens with one attached hydrogen (secondary N) is 1. The van der Waals surface area contributed by atoms with Crippen molar-refractivity contribution < 1.29 is 4.74 Å². The lowest BCUT2D eigenvalue weighted by atomic mass is 9.86. The Bertz CT molecular complexity index is 1170. The number of hydrogen-bond donors (Lipinski definition) is 1. The Morgan fingerprint density at radius 1 is 0.806 bits per heavy atom. The predicted octanol–water partition coefficient (Wildman–Crippen LogP) is 6.82. The lowest BCUT2D eigenvalue weighted by molar-refractivity contribution is 0.0107. The van der Waals surface area contributed by atoms with Crippen molar-refractivity contribution in [1.29, 1.82) is 0 Å². The molecule has 0 saturated carbocycles. The Balaban J connectivity index is 1.34. The molecule has 1 unspecified atom stereocenters. The summed E-state index contributed by atoms with van der Waals surface area (Å²) in [5, 5.41) is 6.81. The van der Waals surface area contributed by atoms with Gasteiger partial charge in [0.25, 0.3) is 0 Å². The summed E-state index contributed by atoms with van der Waals surface area (Å²) in [6.07, 6.45) is 1.23. The summed E-state index contributed by atoms with van der Waals surface area (Å²) in [5.41, 5.74) is 4.98. The van der Waals surface area contributed by atoms with E-state index in [0.717, 1.165) is 24.5 Å². The first kappa shape index (κ1) is 20.3. The molecule has 2 atom stereocenters. The molecule has 31 heavy (non-hydrogen) atoms. The molecule has 1 saturated heterocycles. The second-order valence-corrected chi connectivity index (χ2v) is 8.70. The van der Waals surface area contributed by atoms with Gasteiger partial charge in [-0.25, -0.2) is 0 Å². The standard InChI is InChI=1S/C28H26ClNO/c29-26-12-10-22(11-13-26)24-6-3-7-25(17-24)27-14-15-30-18-28(27)31-19-20-8-9-21-4-1-2-5-23(21)16-20/h1-13,16-17,27-28,30H,14-15,18-19H2/t27-,28?/m1/s1. The normalized spacial score (nSPS) is 18.9. The maximum atomic E-state index is 6.47. The summed E-state index contributed by atoms with van der Waals surface area (Å²) in [6, 6.07) is 32.0. The van der Waals surface area contributed by atoms with Crippen molar-refractivity contribution in [1.82, 2.24) is 5.32 Å². The fourth-order valence-electron chi connectivity index (χ4n) is 4.51. The second-order valence-electron chi connectivity index (χ2n) is 8.26. The topological polar surface area (TPSA) is 21.3 Å². The van der Waals surface area contributed by atoms with Crippen molar-refractivity contribution in [3.05, 3.63) is 107 Å². The molecule has 4 aromatic carbocycles. The maximum absolute atomic E-state index is 6.47. The highest BCUT2D eigenvalue weighted by molar-refractivity contribution is 6.30. The van der Waals surface area contributed by atoms with Gasteiger partial charge in [-0.1, -0.05) is 84.4 Å². The highest BCUT2D eigenvalue weighted by atomic mass is 35.5. The smallest absolute Gasteiger partial charge is 0.0772 e. The number of ether oxygens (including phenoxy) is 1. The Hall–Kier alpha value is -2.65. The third-order valence-electron chi connectivity index (χ3n) is 6.20. The summed E-state index contributed by atoms with van der Waals surface area (Å²) in [7, 11) is 0. The summed E-state index contributed by atoms with van der Waals surface area (Å²) in [5.74, 6) is 0.383. The average Bonchev–Trinajstić information content (AvgIpc) is 2.83. The van der Waals surface area contributed by atoms with E-state index in [9.17, 15) is 0 Å². The molecule has 0 bridgehead atoms. The summed E-state index contributed by atoms with van der Waals surface area (Å²) < 4.78 is 6.47. The van der Waals surface area contributed by atoms with Crippen LogP contribution in [-0.2, 0) is 11.3 Å². The molecule has 0 aliphatic carbocycles. The predicted molar refractivity (Wildman–Crippen MR) is 130 cm³/mol. The third kappa shape index (κ3) is 4.67. The van der Waals surface area contributed by atoms with Gasteiger partial charge >= 0.3 is 0 Å². The van der Waals surface area contributed by atoms with Crippen LogP contribution in [0.4, 0.5) is 0 Å². The van der Waals surface area contributed by atoms with Gasteiger partial charge in [-0.15, -0.1) is 0 Å². The van der Waals surface area contributed by atoms with Crippen LogP contribution in [0.3, 0.4) is 0 Å². The zero-order valence-electron chi connectivity index (χ0n) is 17.4. The van der Waals surface area contributed by atoms with Crippen molar-refractivity contribution in [2.24, 2.45) is 0 Å². The minimum Gasteiger partial charge on any atom is -0.372 e. The summed E-state index contributed by atoms with van der Waals surface area (Å²) in [4.78, 5) is 0. The number of piperidine rings is 1. The fraction of sp³-hybridized carbons (Fsp3) is 0.214. The SMILES string of the molecule is Clc1ccc(-c2cccc([C@H]3CCNCC3OCc3ccc4ccccc4c3)c2)cc1. The van der Waals surface area contributed by atoms with Crippen molar-refractivity contribution in [2.45, 2.75) is 25.0 Å². The molecule has 156 valence electrons. The van der Waals surface area contributed by atoms with Crippen LogP contribution in [0.2, 0.25) is 5.02 Å². The minimum absolute atomic E-state index is 0.153. The summed E-state index contributed by atoms with van der Waals surface area (Å²) >= 11 is 6.07. The largest absolute Gasteiger partial charge is 0.372 e. The fourth-order valence-corrected chi connectivity index (χ4v) is 4.64. The Labute approximate surface area is 188 Å². The Morgan fingerprint density at radius 3 is 2.52 bits per heavy atom. The van der Waals surface area contributed by atoms with Gasteiger partial charge in [-0.3, -0.25) is 0 Å². The molecule has 1 aliphatic rings. The van der Waals surface area contributed by atoms with Crippen molar-refractivity contribution in [2.75, 3.05) is 13.1 Å². The van der Waals surface area contributed by atoms with Gasteiger partial charge < -0.3 is 10.1 Å². The van der Waals surface area contributed by atoms with Crippen LogP contribution >= 0.6 is 11.6 Å². The van der Waals surface area contributed by atoms with Crippen LogP contribution in [0, 0.1) is 0 Å². The zero-order chi connectivity index (χ0) is 21.0. The van der Waals surface area contributed by atoms with E-state index in [4.69, 9.17) is 16.3 Å². The van der Waals surface area contributed by atoms with E-state index in [1.807, 2.05) is 12.1 Å². The molecule has 1 heterocycles. The van der Waals surface area contributed by atoms with E-state index in [-0.39, 0.29) is 6.10 Å². The van der Waals surface area contributed by atoms with Gasteiger partial charge in [0, 0.05) is 17.5 Å². The van der Waals surface area contributed by atoms with Crippen molar-refractivity contribution in [3.8, 4) is 11.1 Å². The molecule has 4 aromatic rings. The molecule has 5 rings (SSSR count). The zero-order valence-corrected chi connectivity index (χ0v) is 18.2. The van der Waals surface area contributed by atoms with Crippen molar-refractivity contribution in [3.63, 3.8) is 0 Å². The van der Waals surface area contributed by atoms with E-state index in [1.54, 1.807) is 0 Å². The molecule has 0 amide bonds. The molecule has 1 aliphatic heterocycles. The van der Waals surface area contributed by atoms with E-state index in [2.05, 4.69) is 84.2 Å². The Kier molecular flexibility index (Phi) is 6.04. The Morgan fingerprint density at radius 2 is 1.65 bits per heavy atom. The highest BCUT2D eigenvalue weighted by Gasteiger charge is 2.27. The van der Waals surface area contributed by atoms with Crippen LogP contribution in [0.5, 0.6) is 0 Å². The number of benzene rings is 4. The molecular weight excluding hydrogens is 402 g/mol. The maximum Gasteiger partial charge on any atom is 0.0772 e. The molecule has 0 spiro atoms. The summed E-state index contributed by atoms with van der Waals surface area (Å²) in [6.45, 7) is 2.53. The van der Waals surface area contributed by atoms with Crippen LogP contribution in [0.25, 0.3) is 21.9 Å². The van der Waals surface area contributed by atoms with Gasteiger partial charge in [0.15, 0.2) is 0 Å². The number of hydrogen-bond acceptors (Lipinski definition) is 2.